The van der Waals surface area contributed by atoms with Crippen molar-refractivity contribution in [3.8, 4) is 0 Å². The Balaban J connectivity index is 2.12. The summed E-state index contributed by atoms with van der Waals surface area (Å²) in [6.45, 7) is 3.19. The van der Waals surface area contributed by atoms with Gasteiger partial charge in [0.05, 0.1) is 29.1 Å². The molecule has 0 aliphatic carbocycles. The van der Waals surface area contributed by atoms with Crippen LogP contribution >= 0.6 is 0 Å². The lowest BCUT2D eigenvalue weighted by atomic mass is 10.2. The van der Waals surface area contributed by atoms with Crippen LogP contribution in [0.3, 0.4) is 0 Å². The second-order valence-corrected chi connectivity index (χ2v) is 7.03. The molecule has 1 aromatic rings. The lowest BCUT2D eigenvalue weighted by molar-refractivity contribution is 0.597. The van der Waals surface area contributed by atoms with Gasteiger partial charge in [-0.05, 0) is 25.5 Å². The minimum absolute atomic E-state index is 0.0800. The van der Waals surface area contributed by atoms with Crippen LogP contribution in [0.4, 0.5) is 5.69 Å². The van der Waals surface area contributed by atoms with Crippen LogP contribution < -0.4 is 10.6 Å². The third-order valence-electron chi connectivity index (χ3n) is 3.16. The van der Waals surface area contributed by atoms with Gasteiger partial charge in [0, 0.05) is 19.1 Å². The maximum Gasteiger partial charge on any atom is 0.152 e. The Morgan fingerprint density at radius 1 is 1.33 bits per heavy atom. The number of hydrogen-bond donors (Lipinski definition) is 1. The van der Waals surface area contributed by atoms with Gasteiger partial charge in [-0.3, -0.25) is 4.98 Å². The fourth-order valence-electron chi connectivity index (χ4n) is 2.05. The van der Waals surface area contributed by atoms with E-state index in [4.69, 9.17) is 5.73 Å². The first-order chi connectivity index (χ1) is 8.48. The summed E-state index contributed by atoms with van der Waals surface area (Å²) in [5, 5.41) is 0. The highest BCUT2D eigenvalue weighted by molar-refractivity contribution is 7.91. The second kappa shape index (κ2) is 5.24. The highest BCUT2D eigenvalue weighted by Gasteiger charge is 2.19. The largest absolute Gasteiger partial charge is 0.369 e. The molecule has 0 radical (unpaired) electrons. The van der Waals surface area contributed by atoms with Crippen molar-refractivity contribution in [2.75, 3.05) is 29.5 Å². The van der Waals surface area contributed by atoms with Crippen molar-refractivity contribution in [3.63, 3.8) is 0 Å². The Bertz CT molecular complexity index is 497. The molecule has 1 saturated heterocycles. The summed E-state index contributed by atoms with van der Waals surface area (Å²) in [6, 6.07) is 3.78. The van der Waals surface area contributed by atoms with Gasteiger partial charge in [0.1, 0.15) is 0 Å². The molecule has 1 aliphatic rings. The number of pyridine rings is 1. The summed E-state index contributed by atoms with van der Waals surface area (Å²) >= 11 is 0. The summed E-state index contributed by atoms with van der Waals surface area (Å²) in [5.41, 5.74) is 7.56. The summed E-state index contributed by atoms with van der Waals surface area (Å²) in [5.74, 6) is 0.511. The number of sulfone groups is 1. The van der Waals surface area contributed by atoms with Gasteiger partial charge in [-0.25, -0.2) is 8.42 Å². The predicted octanol–water partition coefficient (Wildman–Crippen LogP) is 0.726. The van der Waals surface area contributed by atoms with Crippen molar-refractivity contribution in [1.82, 2.24) is 4.98 Å². The molecule has 2 N–H and O–H groups in total. The van der Waals surface area contributed by atoms with Crippen molar-refractivity contribution in [2.45, 2.75) is 19.4 Å². The van der Waals surface area contributed by atoms with E-state index >= 15 is 0 Å². The molecule has 0 aromatic carbocycles. The Labute approximate surface area is 108 Å². The van der Waals surface area contributed by atoms with Gasteiger partial charge in [-0.1, -0.05) is 0 Å². The predicted molar refractivity (Wildman–Crippen MR) is 72.3 cm³/mol. The zero-order valence-corrected chi connectivity index (χ0v) is 11.4. The minimum Gasteiger partial charge on any atom is -0.369 e. The normalized spacial score (nSPS) is 21.3. The molecule has 0 saturated carbocycles. The fraction of sp³-hybridized carbons (Fsp3) is 0.583. The second-order valence-electron chi connectivity index (χ2n) is 4.72. The maximum absolute atomic E-state index is 11.5. The number of anilines is 1. The van der Waals surface area contributed by atoms with E-state index in [0.717, 1.165) is 17.9 Å². The lowest BCUT2D eigenvalue weighted by Gasteiger charge is -2.22. The Kier molecular flexibility index (Phi) is 3.87. The highest BCUT2D eigenvalue weighted by Crippen LogP contribution is 2.18. The average molecular weight is 269 g/mol. The molecule has 2 heterocycles. The summed E-state index contributed by atoms with van der Waals surface area (Å²) in [7, 11) is -2.86. The Hall–Kier alpha value is -1.14. The lowest BCUT2D eigenvalue weighted by Crippen LogP contribution is -2.26. The van der Waals surface area contributed by atoms with Crippen LogP contribution in [0.1, 0.15) is 25.1 Å². The summed E-state index contributed by atoms with van der Waals surface area (Å²) < 4.78 is 23.1. The van der Waals surface area contributed by atoms with Gasteiger partial charge in [-0.2, -0.15) is 0 Å². The van der Waals surface area contributed by atoms with Crippen LogP contribution in [0.15, 0.2) is 18.3 Å². The van der Waals surface area contributed by atoms with E-state index in [1.807, 2.05) is 19.1 Å². The zero-order chi connectivity index (χ0) is 13.2. The molecule has 1 fully saturated rings. The number of nitrogens with two attached hydrogens (primary N) is 1. The van der Waals surface area contributed by atoms with E-state index in [1.165, 1.54) is 0 Å². The summed E-state index contributed by atoms with van der Waals surface area (Å²) in [6.07, 6.45) is 2.45. The summed E-state index contributed by atoms with van der Waals surface area (Å²) in [4.78, 5) is 6.38. The third-order valence-corrected chi connectivity index (χ3v) is 4.87. The molecule has 1 aromatic heterocycles. The standard InChI is InChI=1S/C12H19N3O2S/c1-10(13)12-4-3-11(9-14-12)15-5-2-7-18(16,17)8-6-15/h3-4,9-10H,2,5-8,13H2,1H3/t10-/m0/s1. The van der Waals surface area contributed by atoms with Crippen LogP contribution in [0, 0.1) is 0 Å². The molecule has 18 heavy (non-hydrogen) atoms. The minimum atomic E-state index is -2.86. The van der Waals surface area contributed by atoms with Crippen LogP contribution in [-0.2, 0) is 9.84 Å². The van der Waals surface area contributed by atoms with Gasteiger partial charge < -0.3 is 10.6 Å². The highest BCUT2D eigenvalue weighted by atomic mass is 32.2. The molecule has 0 amide bonds. The molecular weight excluding hydrogens is 250 g/mol. The van der Waals surface area contributed by atoms with Crippen LogP contribution in [0.5, 0.6) is 0 Å². The molecule has 1 atom stereocenters. The maximum atomic E-state index is 11.5. The first-order valence-electron chi connectivity index (χ1n) is 6.15. The van der Waals surface area contributed by atoms with Crippen molar-refractivity contribution in [3.05, 3.63) is 24.0 Å². The Morgan fingerprint density at radius 2 is 2.11 bits per heavy atom. The van der Waals surface area contributed by atoms with Gasteiger partial charge in [-0.15, -0.1) is 0 Å². The fourth-order valence-corrected chi connectivity index (χ4v) is 3.32. The van der Waals surface area contributed by atoms with E-state index < -0.39 is 9.84 Å². The van der Waals surface area contributed by atoms with Crippen molar-refractivity contribution in [1.29, 1.82) is 0 Å². The van der Waals surface area contributed by atoms with Crippen molar-refractivity contribution in [2.24, 2.45) is 5.73 Å². The topological polar surface area (TPSA) is 76.3 Å². The SMILES string of the molecule is C[C@H](N)c1ccc(N2CCCS(=O)(=O)CC2)cn1. The first kappa shape index (κ1) is 13.3. The van der Waals surface area contributed by atoms with Crippen LogP contribution in [0.2, 0.25) is 0 Å². The van der Waals surface area contributed by atoms with E-state index in [-0.39, 0.29) is 17.5 Å². The smallest absolute Gasteiger partial charge is 0.152 e. The van der Waals surface area contributed by atoms with Crippen LogP contribution in [0.25, 0.3) is 0 Å². The molecule has 0 spiro atoms. The van der Waals surface area contributed by atoms with E-state index in [2.05, 4.69) is 9.88 Å². The number of nitrogens with zero attached hydrogens (tertiary/aromatic N) is 2. The van der Waals surface area contributed by atoms with Gasteiger partial charge in [0.25, 0.3) is 0 Å². The van der Waals surface area contributed by atoms with Gasteiger partial charge in [0.2, 0.25) is 0 Å². The van der Waals surface area contributed by atoms with Gasteiger partial charge in [0.15, 0.2) is 9.84 Å². The molecule has 5 nitrogen and oxygen atoms in total. The van der Waals surface area contributed by atoms with Gasteiger partial charge >= 0.3 is 0 Å². The molecule has 2 rings (SSSR count). The molecule has 6 heteroatoms. The van der Waals surface area contributed by atoms with Crippen molar-refractivity contribution < 1.29 is 8.42 Å². The molecule has 100 valence electrons. The van der Waals surface area contributed by atoms with E-state index in [0.29, 0.717) is 13.0 Å². The quantitative estimate of drug-likeness (QED) is 0.856. The third kappa shape index (κ3) is 3.20. The number of rotatable bonds is 2. The van der Waals surface area contributed by atoms with E-state index in [9.17, 15) is 8.42 Å². The number of aromatic nitrogens is 1. The number of hydrogen-bond acceptors (Lipinski definition) is 5. The van der Waals surface area contributed by atoms with E-state index in [1.54, 1.807) is 6.20 Å². The van der Waals surface area contributed by atoms with Crippen molar-refractivity contribution >= 4 is 15.5 Å². The molecule has 1 aliphatic heterocycles. The average Bonchev–Trinajstić information content (AvgIpc) is 2.50. The Morgan fingerprint density at radius 3 is 2.72 bits per heavy atom. The first-order valence-corrected chi connectivity index (χ1v) is 7.97. The monoisotopic (exact) mass is 269 g/mol. The zero-order valence-electron chi connectivity index (χ0n) is 10.5. The molecule has 0 unspecified atom stereocenters. The van der Waals surface area contributed by atoms with Crippen LogP contribution in [-0.4, -0.2) is 38.0 Å². The molecule has 0 bridgehead atoms. The molecular formula is C12H19N3O2S.